The molecule has 1 amide bonds. The molecule has 0 unspecified atom stereocenters. The quantitative estimate of drug-likeness (QED) is 0.853. The second-order valence-electron chi connectivity index (χ2n) is 5.48. The third kappa shape index (κ3) is 3.99. The van der Waals surface area contributed by atoms with Gasteiger partial charge in [0.25, 0.3) is 0 Å². The average molecular weight is 329 g/mol. The first-order valence-corrected chi connectivity index (χ1v) is 8.39. The SMILES string of the molecule is Cc1ccc(S[C@@H](C)C(=O)NCc2ccc3c(c2)OCO3)cc1. The van der Waals surface area contributed by atoms with E-state index in [1.54, 1.807) is 11.8 Å². The van der Waals surface area contributed by atoms with Crippen LogP contribution in [0.1, 0.15) is 18.1 Å². The molecular weight excluding hydrogens is 310 g/mol. The maximum absolute atomic E-state index is 12.2. The molecule has 1 aliphatic heterocycles. The molecule has 0 aromatic heterocycles. The van der Waals surface area contributed by atoms with Gasteiger partial charge >= 0.3 is 0 Å². The Balaban J connectivity index is 1.53. The van der Waals surface area contributed by atoms with E-state index >= 15 is 0 Å². The fourth-order valence-electron chi connectivity index (χ4n) is 2.26. The van der Waals surface area contributed by atoms with Crippen LogP contribution >= 0.6 is 11.8 Å². The second kappa shape index (κ2) is 6.96. The molecule has 120 valence electrons. The van der Waals surface area contributed by atoms with Crippen LogP contribution in [-0.4, -0.2) is 18.0 Å². The predicted octanol–water partition coefficient (Wildman–Crippen LogP) is 3.52. The Morgan fingerprint density at radius 1 is 1.17 bits per heavy atom. The Hall–Kier alpha value is -2.14. The molecule has 0 radical (unpaired) electrons. The first-order chi connectivity index (χ1) is 11.1. The lowest BCUT2D eigenvalue weighted by molar-refractivity contribution is -0.120. The molecule has 0 aliphatic carbocycles. The summed E-state index contributed by atoms with van der Waals surface area (Å²) in [4.78, 5) is 13.3. The van der Waals surface area contributed by atoms with Gasteiger partial charge in [-0.3, -0.25) is 4.79 Å². The van der Waals surface area contributed by atoms with Crippen LogP contribution in [0.3, 0.4) is 0 Å². The van der Waals surface area contributed by atoms with Crippen molar-refractivity contribution in [3.05, 3.63) is 53.6 Å². The summed E-state index contributed by atoms with van der Waals surface area (Å²) in [5, 5.41) is 2.82. The van der Waals surface area contributed by atoms with Gasteiger partial charge in [-0.15, -0.1) is 11.8 Å². The summed E-state index contributed by atoms with van der Waals surface area (Å²) in [6.45, 7) is 4.71. The summed E-state index contributed by atoms with van der Waals surface area (Å²) in [7, 11) is 0. The van der Waals surface area contributed by atoms with Crippen molar-refractivity contribution in [2.75, 3.05) is 6.79 Å². The molecule has 1 N–H and O–H groups in total. The topological polar surface area (TPSA) is 47.6 Å². The zero-order chi connectivity index (χ0) is 16.2. The largest absolute Gasteiger partial charge is 0.454 e. The third-order valence-corrected chi connectivity index (χ3v) is 4.72. The molecule has 23 heavy (non-hydrogen) atoms. The van der Waals surface area contributed by atoms with Crippen molar-refractivity contribution in [1.82, 2.24) is 5.32 Å². The molecule has 2 aromatic rings. The Morgan fingerprint density at radius 3 is 2.70 bits per heavy atom. The highest BCUT2D eigenvalue weighted by molar-refractivity contribution is 8.00. The standard InChI is InChI=1S/C18H19NO3S/c1-12-3-6-15(7-4-12)23-13(2)18(20)19-10-14-5-8-16-17(9-14)22-11-21-16/h3-9,13H,10-11H2,1-2H3,(H,19,20)/t13-/m0/s1. The van der Waals surface area contributed by atoms with Crippen LogP contribution in [-0.2, 0) is 11.3 Å². The van der Waals surface area contributed by atoms with Gasteiger partial charge in [0.1, 0.15) is 0 Å². The van der Waals surface area contributed by atoms with Crippen LogP contribution in [0.2, 0.25) is 0 Å². The van der Waals surface area contributed by atoms with Gasteiger partial charge in [0.05, 0.1) is 5.25 Å². The van der Waals surface area contributed by atoms with Crippen LogP contribution in [0.25, 0.3) is 0 Å². The highest BCUT2D eigenvalue weighted by atomic mass is 32.2. The molecule has 4 nitrogen and oxygen atoms in total. The van der Waals surface area contributed by atoms with Crippen LogP contribution < -0.4 is 14.8 Å². The van der Waals surface area contributed by atoms with E-state index in [1.807, 2.05) is 37.3 Å². The lowest BCUT2D eigenvalue weighted by Crippen LogP contribution is -2.30. The number of carbonyl (C=O) groups is 1. The number of benzene rings is 2. The summed E-state index contributed by atoms with van der Waals surface area (Å²) < 4.78 is 10.6. The number of thioether (sulfide) groups is 1. The Kier molecular flexibility index (Phi) is 4.76. The van der Waals surface area contributed by atoms with Crippen molar-refractivity contribution in [3.63, 3.8) is 0 Å². The average Bonchev–Trinajstić information content (AvgIpc) is 3.02. The first kappa shape index (κ1) is 15.7. The lowest BCUT2D eigenvalue weighted by atomic mass is 10.2. The number of rotatable bonds is 5. The zero-order valence-electron chi connectivity index (χ0n) is 13.2. The highest BCUT2D eigenvalue weighted by Crippen LogP contribution is 2.32. The molecule has 1 heterocycles. The molecule has 0 saturated heterocycles. The maximum atomic E-state index is 12.2. The Morgan fingerprint density at radius 2 is 1.91 bits per heavy atom. The fourth-order valence-corrected chi connectivity index (χ4v) is 3.15. The van der Waals surface area contributed by atoms with Crippen LogP contribution in [0.15, 0.2) is 47.4 Å². The van der Waals surface area contributed by atoms with Gasteiger partial charge in [0, 0.05) is 11.4 Å². The van der Waals surface area contributed by atoms with Gasteiger partial charge < -0.3 is 14.8 Å². The molecule has 0 bridgehead atoms. The van der Waals surface area contributed by atoms with Crippen molar-refractivity contribution in [1.29, 1.82) is 0 Å². The van der Waals surface area contributed by atoms with Crippen LogP contribution in [0.5, 0.6) is 11.5 Å². The fraction of sp³-hybridized carbons (Fsp3) is 0.278. The number of ether oxygens (including phenoxy) is 2. The predicted molar refractivity (Wildman–Crippen MR) is 90.9 cm³/mol. The number of fused-ring (bicyclic) bond motifs is 1. The van der Waals surface area contributed by atoms with Crippen molar-refractivity contribution in [3.8, 4) is 11.5 Å². The molecule has 3 rings (SSSR count). The van der Waals surface area contributed by atoms with E-state index in [0.717, 1.165) is 22.0 Å². The number of carbonyl (C=O) groups excluding carboxylic acids is 1. The van der Waals surface area contributed by atoms with Crippen molar-refractivity contribution in [2.24, 2.45) is 0 Å². The molecule has 0 saturated carbocycles. The Labute approximate surface area is 140 Å². The van der Waals surface area contributed by atoms with Crippen molar-refractivity contribution >= 4 is 17.7 Å². The summed E-state index contributed by atoms with van der Waals surface area (Å²) in [5.74, 6) is 1.51. The molecule has 0 spiro atoms. The molecule has 2 aromatic carbocycles. The van der Waals surface area contributed by atoms with Crippen LogP contribution in [0.4, 0.5) is 0 Å². The van der Waals surface area contributed by atoms with E-state index in [0.29, 0.717) is 6.54 Å². The minimum Gasteiger partial charge on any atom is -0.454 e. The van der Waals surface area contributed by atoms with E-state index in [4.69, 9.17) is 9.47 Å². The summed E-state index contributed by atoms with van der Waals surface area (Å²) in [5.41, 5.74) is 2.21. The smallest absolute Gasteiger partial charge is 0.233 e. The van der Waals surface area contributed by atoms with Crippen LogP contribution in [0, 0.1) is 6.92 Å². The van der Waals surface area contributed by atoms with Gasteiger partial charge in [-0.25, -0.2) is 0 Å². The number of nitrogens with one attached hydrogen (secondary N) is 1. The molecule has 1 atom stereocenters. The molecular formula is C18H19NO3S. The van der Waals surface area contributed by atoms with E-state index in [9.17, 15) is 4.79 Å². The maximum Gasteiger partial charge on any atom is 0.233 e. The van der Waals surface area contributed by atoms with Crippen molar-refractivity contribution in [2.45, 2.75) is 30.5 Å². The lowest BCUT2D eigenvalue weighted by Gasteiger charge is -2.12. The summed E-state index contributed by atoms with van der Waals surface area (Å²) in [6.07, 6.45) is 0. The van der Waals surface area contributed by atoms with Gasteiger partial charge in [-0.05, 0) is 43.7 Å². The number of aryl methyl sites for hydroxylation is 1. The monoisotopic (exact) mass is 329 g/mol. The number of amides is 1. The van der Waals surface area contributed by atoms with E-state index in [1.165, 1.54) is 5.56 Å². The summed E-state index contributed by atoms with van der Waals surface area (Å²) in [6, 6.07) is 13.9. The molecule has 0 fully saturated rings. The number of hydrogen-bond acceptors (Lipinski definition) is 4. The Bertz CT molecular complexity index is 700. The van der Waals surface area contributed by atoms with E-state index < -0.39 is 0 Å². The molecule has 1 aliphatic rings. The van der Waals surface area contributed by atoms with Gasteiger partial charge in [-0.2, -0.15) is 0 Å². The van der Waals surface area contributed by atoms with E-state index in [2.05, 4.69) is 24.4 Å². The zero-order valence-corrected chi connectivity index (χ0v) is 14.0. The molecule has 5 heteroatoms. The van der Waals surface area contributed by atoms with Crippen molar-refractivity contribution < 1.29 is 14.3 Å². The van der Waals surface area contributed by atoms with Gasteiger partial charge in [0.15, 0.2) is 11.5 Å². The first-order valence-electron chi connectivity index (χ1n) is 7.51. The van der Waals surface area contributed by atoms with Gasteiger partial charge in [-0.1, -0.05) is 23.8 Å². The highest BCUT2D eigenvalue weighted by Gasteiger charge is 2.16. The van der Waals surface area contributed by atoms with Gasteiger partial charge in [0.2, 0.25) is 12.7 Å². The minimum absolute atomic E-state index is 0.0215. The van der Waals surface area contributed by atoms with E-state index in [-0.39, 0.29) is 18.0 Å². The normalized spacial score (nSPS) is 13.7. The number of hydrogen-bond donors (Lipinski definition) is 1. The third-order valence-electron chi connectivity index (χ3n) is 3.61. The summed E-state index contributed by atoms with van der Waals surface area (Å²) >= 11 is 1.56. The second-order valence-corrected chi connectivity index (χ2v) is 6.89. The minimum atomic E-state index is -0.147.